The van der Waals surface area contributed by atoms with E-state index in [4.69, 9.17) is 0 Å². The zero-order valence-electron chi connectivity index (χ0n) is 16.5. The van der Waals surface area contributed by atoms with Crippen LogP contribution in [0.25, 0.3) is 5.69 Å². The van der Waals surface area contributed by atoms with E-state index < -0.39 is 5.82 Å². The third kappa shape index (κ3) is 3.96. The lowest BCUT2D eigenvalue weighted by atomic mass is 10.0. The molecule has 0 saturated carbocycles. The molecule has 0 aliphatic carbocycles. The number of benzene rings is 1. The van der Waals surface area contributed by atoms with Crippen LogP contribution in [0.3, 0.4) is 0 Å². The van der Waals surface area contributed by atoms with Crippen LogP contribution in [0.4, 0.5) is 10.2 Å². The van der Waals surface area contributed by atoms with Crippen LogP contribution >= 0.6 is 0 Å². The van der Waals surface area contributed by atoms with Crippen LogP contribution in [0.1, 0.15) is 28.8 Å². The maximum atomic E-state index is 13.9. The van der Waals surface area contributed by atoms with Gasteiger partial charge in [-0.05, 0) is 49.6 Å². The van der Waals surface area contributed by atoms with Gasteiger partial charge in [0.05, 0.1) is 23.6 Å². The Labute approximate surface area is 168 Å². The van der Waals surface area contributed by atoms with Crippen molar-refractivity contribution in [2.45, 2.75) is 25.8 Å². The van der Waals surface area contributed by atoms with Crippen molar-refractivity contribution < 1.29 is 9.18 Å². The average Bonchev–Trinajstić information content (AvgIpc) is 3.28. The van der Waals surface area contributed by atoms with Crippen LogP contribution in [0.15, 0.2) is 48.9 Å². The Morgan fingerprint density at radius 3 is 2.72 bits per heavy atom. The van der Waals surface area contributed by atoms with Crippen molar-refractivity contribution in [3.05, 3.63) is 65.9 Å². The summed E-state index contributed by atoms with van der Waals surface area (Å²) < 4.78 is 13.9. The van der Waals surface area contributed by atoms with Gasteiger partial charge < -0.3 is 9.80 Å². The van der Waals surface area contributed by atoms with E-state index in [1.54, 1.807) is 4.90 Å². The van der Waals surface area contributed by atoms with Crippen molar-refractivity contribution in [3.63, 3.8) is 0 Å². The number of piperidine rings is 1. The molecule has 1 atom stereocenters. The van der Waals surface area contributed by atoms with Crippen LogP contribution in [-0.2, 0) is 0 Å². The fraction of sp³-hybridized carbons (Fsp3) is 0.333. The summed E-state index contributed by atoms with van der Waals surface area (Å²) in [6, 6.07) is 8.26. The molecule has 7 nitrogen and oxygen atoms in total. The number of likely N-dealkylation sites (tertiary alicyclic amines) is 1. The second-order valence-corrected chi connectivity index (χ2v) is 7.33. The molecule has 4 rings (SSSR count). The van der Waals surface area contributed by atoms with Gasteiger partial charge in [0, 0.05) is 32.4 Å². The maximum absolute atomic E-state index is 13.9. The predicted octanol–water partition coefficient (Wildman–Crippen LogP) is 2.85. The number of carbonyl (C=O) groups excluding carboxylic acids is 1. The molecule has 8 heteroatoms. The van der Waals surface area contributed by atoms with E-state index in [1.165, 1.54) is 35.4 Å². The van der Waals surface area contributed by atoms with Gasteiger partial charge in [-0.1, -0.05) is 6.07 Å². The zero-order valence-corrected chi connectivity index (χ0v) is 16.5. The SMILES string of the molecule is Cc1ccc(N(C)C2CCCN(C(=O)c3cc(F)ccc3-n3nccn3)C2)nc1. The molecular weight excluding hydrogens is 371 g/mol. The lowest BCUT2D eigenvalue weighted by Gasteiger charge is -2.38. The molecule has 1 aliphatic rings. The Balaban J connectivity index is 1.57. The number of likely N-dealkylation sites (N-methyl/N-ethyl adjacent to an activating group) is 1. The van der Waals surface area contributed by atoms with Gasteiger partial charge in [-0.25, -0.2) is 9.37 Å². The number of aromatic nitrogens is 4. The molecule has 1 fully saturated rings. The number of rotatable bonds is 4. The van der Waals surface area contributed by atoms with Gasteiger partial charge >= 0.3 is 0 Å². The highest BCUT2D eigenvalue weighted by Gasteiger charge is 2.29. The van der Waals surface area contributed by atoms with Gasteiger partial charge in [-0.15, -0.1) is 0 Å². The molecule has 1 unspecified atom stereocenters. The van der Waals surface area contributed by atoms with Crippen LogP contribution in [0, 0.1) is 12.7 Å². The third-order valence-electron chi connectivity index (χ3n) is 5.31. The minimum atomic E-state index is -0.459. The van der Waals surface area contributed by atoms with Crippen molar-refractivity contribution in [1.82, 2.24) is 24.9 Å². The molecule has 3 heterocycles. The highest BCUT2D eigenvalue weighted by atomic mass is 19.1. The van der Waals surface area contributed by atoms with Gasteiger partial charge in [0.15, 0.2) is 0 Å². The second-order valence-electron chi connectivity index (χ2n) is 7.33. The molecule has 1 aromatic carbocycles. The number of hydrogen-bond acceptors (Lipinski definition) is 5. The van der Waals surface area contributed by atoms with E-state index >= 15 is 0 Å². The van der Waals surface area contributed by atoms with E-state index in [9.17, 15) is 9.18 Å². The normalized spacial score (nSPS) is 16.7. The fourth-order valence-electron chi connectivity index (χ4n) is 3.68. The quantitative estimate of drug-likeness (QED) is 0.681. The number of halogens is 1. The van der Waals surface area contributed by atoms with Crippen molar-refractivity contribution in [2.75, 3.05) is 25.0 Å². The van der Waals surface area contributed by atoms with E-state index in [-0.39, 0.29) is 17.5 Å². The van der Waals surface area contributed by atoms with E-state index in [0.29, 0.717) is 18.8 Å². The minimum Gasteiger partial charge on any atom is -0.355 e. The Bertz CT molecular complexity index is 989. The van der Waals surface area contributed by atoms with Gasteiger partial charge in [0.25, 0.3) is 5.91 Å². The number of amides is 1. The molecule has 0 spiro atoms. The van der Waals surface area contributed by atoms with E-state index in [1.807, 2.05) is 32.3 Å². The summed E-state index contributed by atoms with van der Waals surface area (Å²) in [7, 11) is 2.00. The number of carbonyl (C=O) groups is 1. The molecule has 2 aromatic heterocycles. The standard InChI is InChI=1S/C21H23FN6O/c1-15-5-8-20(23-13-15)26(2)17-4-3-11-27(14-17)21(29)18-12-16(22)6-7-19(18)28-24-9-10-25-28/h5-10,12-13,17H,3-4,11,14H2,1-2H3. The lowest BCUT2D eigenvalue weighted by Crippen LogP contribution is -2.49. The molecule has 1 aliphatic heterocycles. The van der Waals surface area contributed by atoms with Crippen molar-refractivity contribution in [1.29, 1.82) is 0 Å². The Kier molecular flexibility index (Phi) is 5.24. The first-order chi connectivity index (χ1) is 14.0. The topological polar surface area (TPSA) is 67.2 Å². The van der Waals surface area contributed by atoms with E-state index in [0.717, 1.165) is 24.2 Å². The Hall–Kier alpha value is -3.29. The summed E-state index contributed by atoms with van der Waals surface area (Å²) in [5.41, 5.74) is 1.84. The number of aryl methyl sites for hydroxylation is 1. The minimum absolute atomic E-state index is 0.141. The Morgan fingerprint density at radius 2 is 2.00 bits per heavy atom. The van der Waals surface area contributed by atoms with Crippen molar-refractivity contribution in [3.8, 4) is 5.69 Å². The van der Waals surface area contributed by atoms with Crippen LogP contribution in [0.5, 0.6) is 0 Å². The second kappa shape index (κ2) is 7.98. The van der Waals surface area contributed by atoms with Gasteiger partial charge in [-0.3, -0.25) is 4.79 Å². The molecule has 0 radical (unpaired) electrons. The molecule has 1 saturated heterocycles. The van der Waals surface area contributed by atoms with E-state index in [2.05, 4.69) is 20.1 Å². The summed E-state index contributed by atoms with van der Waals surface area (Å²) in [4.78, 5) is 23.0. The first-order valence-electron chi connectivity index (χ1n) is 9.64. The van der Waals surface area contributed by atoms with Gasteiger partial charge in [0.2, 0.25) is 0 Å². The molecule has 3 aromatic rings. The molecule has 1 amide bonds. The summed E-state index contributed by atoms with van der Waals surface area (Å²) in [5.74, 6) is 0.202. The van der Waals surface area contributed by atoms with Crippen molar-refractivity contribution >= 4 is 11.7 Å². The summed E-state index contributed by atoms with van der Waals surface area (Å²) in [6.07, 6.45) is 6.73. The predicted molar refractivity (Wildman–Crippen MR) is 108 cm³/mol. The molecule has 29 heavy (non-hydrogen) atoms. The van der Waals surface area contributed by atoms with Crippen molar-refractivity contribution in [2.24, 2.45) is 0 Å². The third-order valence-corrected chi connectivity index (χ3v) is 5.31. The highest BCUT2D eigenvalue weighted by molar-refractivity contribution is 5.97. The largest absolute Gasteiger partial charge is 0.355 e. The average molecular weight is 394 g/mol. The number of nitrogens with zero attached hydrogens (tertiary/aromatic N) is 6. The first-order valence-corrected chi connectivity index (χ1v) is 9.64. The lowest BCUT2D eigenvalue weighted by molar-refractivity contribution is 0.0706. The molecule has 0 bridgehead atoms. The highest BCUT2D eigenvalue weighted by Crippen LogP contribution is 2.23. The zero-order chi connectivity index (χ0) is 20.4. The number of pyridine rings is 1. The first kappa shape index (κ1) is 19.0. The molecule has 0 N–H and O–H groups in total. The van der Waals surface area contributed by atoms with Crippen LogP contribution < -0.4 is 4.90 Å². The van der Waals surface area contributed by atoms with Crippen LogP contribution in [-0.4, -0.2) is 57.0 Å². The van der Waals surface area contributed by atoms with Gasteiger partial charge in [-0.2, -0.15) is 15.0 Å². The monoisotopic (exact) mass is 394 g/mol. The molecule has 150 valence electrons. The fourth-order valence-corrected chi connectivity index (χ4v) is 3.68. The summed E-state index contributed by atoms with van der Waals surface area (Å²) in [6.45, 7) is 3.18. The Morgan fingerprint density at radius 1 is 1.21 bits per heavy atom. The number of hydrogen-bond donors (Lipinski definition) is 0. The summed E-state index contributed by atoms with van der Waals surface area (Å²) in [5, 5.41) is 8.18. The summed E-state index contributed by atoms with van der Waals surface area (Å²) >= 11 is 0. The molecular formula is C21H23FN6O. The maximum Gasteiger partial charge on any atom is 0.256 e. The smallest absolute Gasteiger partial charge is 0.256 e. The number of anilines is 1. The van der Waals surface area contributed by atoms with Gasteiger partial charge in [0.1, 0.15) is 11.6 Å². The van der Waals surface area contributed by atoms with Crippen LogP contribution in [0.2, 0.25) is 0 Å².